The maximum Gasteiger partial charge on any atom is 0.418 e. The molecule has 0 unspecified atom stereocenters. The molecule has 1 aliphatic rings. The van der Waals surface area contributed by atoms with E-state index in [9.17, 15) is 18.3 Å². The summed E-state index contributed by atoms with van der Waals surface area (Å²) in [6.07, 6.45) is -3.58. The Kier molecular flexibility index (Phi) is 4.85. The molecule has 21 heavy (non-hydrogen) atoms. The standard InChI is InChI=1S/C14H17BrF3NO2/c1-19(9-13(20)4-6-21-7-5-13)12-8-10(15)2-3-11(12)14(16,17)18/h2-3,8,20H,4-7,9H2,1H3. The van der Waals surface area contributed by atoms with Crippen molar-refractivity contribution >= 4 is 21.6 Å². The molecule has 1 heterocycles. The van der Waals surface area contributed by atoms with Gasteiger partial charge in [-0.1, -0.05) is 15.9 Å². The van der Waals surface area contributed by atoms with Gasteiger partial charge in [0.25, 0.3) is 0 Å². The Balaban J connectivity index is 2.25. The molecular formula is C14H17BrF3NO2. The van der Waals surface area contributed by atoms with Gasteiger partial charge < -0.3 is 14.7 Å². The zero-order valence-electron chi connectivity index (χ0n) is 11.6. The highest BCUT2D eigenvalue weighted by atomic mass is 79.9. The minimum absolute atomic E-state index is 0.0526. The smallest absolute Gasteiger partial charge is 0.388 e. The van der Waals surface area contributed by atoms with Gasteiger partial charge in [-0.3, -0.25) is 0 Å². The number of benzene rings is 1. The zero-order valence-corrected chi connectivity index (χ0v) is 13.2. The molecular weight excluding hydrogens is 351 g/mol. The fourth-order valence-electron chi connectivity index (χ4n) is 2.50. The highest BCUT2D eigenvalue weighted by Crippen LogP contribution is 2.38. The molecule has 7 heteroatoms. The SMILES string of the molecule is CN(CC1(O)CCOCC1)c1cc(Br)ccc1C(F)(F)F. The third kappa shape index (κ3) is 4.11. The van der Waals surface area contributed by atoms with Gasteiger partial charge in [-0.05, 0) is 18.2 Å². The number of likely N-dealkylation sites (N-methyl/N-ethyl adjacent to an activating group) is 1. The van der Waals surface area contributed by atoms with Gasteiger partial charge in [0, 0.05) is 49.8 Å². The van der Waals surface area contributed by atoms with E-state index in [1.54, 1.807) is 7.05 Å². The Labute approximate surface area is 129 Å². The third-order valence-electron chi connectivity index (χ3n) is 3.63. The first kappa shape index (κ1) is 16.6. The third-order valence-corrected chi connectivity index (χ3v) is 4.12. The zero-order chi connectivity index (χ0) is 15.7. The Morgan fingerprint density at radius 1 is 1.33 bits per heavy atom. The van der Waals surface area contributed by atoms with Crippen LogP contribution in [-0.4, -0.2) is 37.5 Å². The number of hydrogen-bond donors (Lipinski definition) is 1. The molecule has 1 aromatic rings. The van der Waals surface area contributed by atoms with E-state index < -0.39 is 17.3 Å². The van der Waals surface area contributed by atoms with Crippen LogP contribution in [0.5, 0.6) is 0 Å². The van der Waals surface area contributed by atoms with Crippen LogP contribution in [0.3, 0.4) is 0 Å². The molecule has 1 aliphatic heterocycles. The van der Waals surface area contributed by atoms with Crippen molar-refractivity contribution in [2.75, 3.05) is 31.7 Å². The number of nitrogens with zero attached hydrogens (tertiary/aromatic N) is 1. The van der Waals surface area contributed by atoms with Crippen LogP contribution in [0.2, 0.25) is 0 Å². The largest absolute Gasteiger partial charge is 0.418 e. The Morgan fingerprint density at radius 2 is 1.95 bits per heavy atom. The van der Waals surface area contributed by atoms with Gasteiger partial charge in [-0.25, -0.2) is 0 Å². The molecule has 0 radical (unpaired) electrons. The molecule has 0 atom stereocenters. The highest BCUT2D eigenvalue weighted by Gasteiger charge is 2.37. The number of alkyl halides is 3. The first-order valence-corrected chi connectivity index (χ1v) is 7.39. The Bertz CT molecular complexity index is 501. The van der Waals surface area contributed by atoms with Crippen molar-refractivity contribution in [3.63, 3.8) is 0 Å². The van der Waals surface area contributed by atoms with Crippen LogP contribution >= 0.6 is 15.9 Å². The van der Waals surface area contributed by atoms with Crippen molar-refractivity contribution in [3.8, 4) is 0 Å². The van der Waals surface area contributed by atoms with E-state index >= 15 is 0 Å². The molecule has 1 saturated heterocycles. The maximum atomic E-state index is 13.1. The Morgan fingerprint density at radius 3 is 2.52 bits per heavy atom. The maximum absolute atomic E-state index is 13.1. The summed E-state index contributed by atoms with van der Waals surface area (Å²) in [6.45, 7) is 0.986. The summed E-state index contributed by atoms with van der Waals surface area (Å²) >= 11 is 3.19. The second-order valence-electron chi connectivity index (χ2n) is 5.35. The minimum Gasteiger partial charge on any atom is -0.388 e. The second kappa shape index (κ2) is 6.14. The predicted octanol–water partition coefficient (Wildman–Crippen LogP) is 3.45. The van der Waals surface area contributed by atoms with Crippen molar-refractivity contribution in [1.82, 2.24) is 0 Å². The van der Waals surface area contributed by atoms with Crippen molar-refractivity contribution in [1.29, 1.82) is 0 Å². The molecule has 0 aromatic heterocycles. The number of hydrogen-bond acceptors (Lipinski definition) is 3. The van der Waals surface area contributed by atoms with Gasteiger partial charge in [0.15, 0.2) is 0 Å². The van der Waals surface area contributed by atoms with E-state index in [4.69, 9.17) is 4.74 Å². The van der Waals surface area contributed by atoms with E-state index in [0.717, 1.165) is 6.07 Å². The molecule has 0 aliphatic carbocycles. The van der Waals surface area contributed by atoms with Gasteiger partial charge in [-0.15, -0.1) is 0 Å². The topological polar surface area (TPSA) is 32.7 Å². The van der Waals surface area contributed by atoms with Crippen molar-refractivity contribution in [2.45, 2.75) is 24.6 Å². The summed E-state index contributed by atoms with van der Waals surface area (Å²) < 4.78 is 45.0. The minimum atomic E-state index is -4.43. The summed E-state index contributed by atoms with van der Waals surface area (Å²) in [5, 5.41) is 10.5. The fraction of sp³-hybridized carbons (Fsp3) is 0.571. The molecule has 1 N–H and O–H groups in total. The molecule has 0 bridgehead atoms. The van der Waals surface area contributed by atoms with Crippen LogP contribution in [0.15, 0.2) is 22.7 Å². The lowest BCUT2D eigenvalue weighted by Crippen LogP contribution is -2.46. The van der Waals surface area contributed by atoms with E-state index in [1.807, 2.05) is 0 Å². The van der Waals surface area contributed by atoms with Gasteiger partial charge in [0.05, 0.1) is 11.2 Å². The number of rotatable bonds is 3. The van der Waals surface area contributed by atoms with Crippen molar-refractivity contribution in [2.24, 2.45) is 0 Å². The van der Waals surface area contributed by atoms with Gasteiger partial charge in [0.1, 0.15) is 0 Å². The van der Waals surface area contributed by atoms with Crippen LogP contribution < -0.4 is 4.90 Å². The number of anilines is 1. The van der Waals surface area contributed by atoms with Crippen molar-refractivity contribution < 1.29 is 23.0 Å². The highest BCUT2D eigenvalue weighted by molar-refractivity contribution is 9.10. The summed E-state index contributed by atoms with van der Waals surface area (Å²) in [4.78, 5) is 1.46. The van der Waals surface area contributed by atoms with Crippen LogP contribution in [0.1, 0.15) is 18.4 Å². The van der Waals surface area contributed by atoms with Gasteiger partial charge >= 0.3 is 6.18 Å². The van der Waals surface area contributed by atoms with E-state index in [1.165, 1.54) is 17.0 Å². The quantitative estimate of drug-likeness (QED) is 0.887. The van der Waals surface area contributed by atoms with Crippen molar-refractivity contribution in [3.05, 3.63) is 28.2 Å². The molecule has 3 nitrogen and oxygen atoms in total. The Hall–Kier alpha value is -0.790. The molecule has 0 amide bonds. The molecule has 1 fully saturated rings. The average molecular weight is 368 g/mol. The molecule has 0 saturated carbocycles. The number of aliphatic hydroxyl groups is 1. The number of halogens is 4. The van der Waals surface area contributed by atoms with Gasteiger partial charge in [-0.2, -0.15) is 13.2 Å². The second-order valence-corrected chi connectivity index (χ2v) is 6.27. The molecule has 2 rings (SSSR count). The molecule has 1 aromatic carbocycles. The first-order chi connectivity index (χ1) is 9.71. The van der Waals surface area contributed by atoms with E-state index in [-0.39, 0.29) is 12.2 Å². The van der Waals surface area contributed by atoms with E-state index in [0.29, 0.717) is 30.5 Å². The van der Waals surface area contributed by atoms with Crippen LogP contribution in [0, 0.1) is 0 Å². The first-order valence-electron chi connectivity index (χ1n) is 6.59. The molecule has 0 spiro atoms. The monoisotopic (exact) mass is 367 g/mol. The van der Waals surface area contributed by atoms with Crippen LogP contribution in [0.4, 0.5) is 18.9 Å². The van der Waals surface area contributed by atoms with E-state index in [2.05, 4.69) is 15.9 Å². The molecule has 118 valence electrons. The summed E-state index contributed by atoms with van der Waals surface area (Å²) in [5.74, 6) is 0. The fourth-order valence-corrected chi connectivity index (χ4v) is 2.85. The van der Waals surface area contributed by atoms with Crippen LogP contribution in [0.25, 0.3) is 0 Å². The lowest BCUT2D eigenvalue weighted by atomic mass is 9.93. The van der Waals surface area contributed by atoms with Gasteiger partial charge in [0.2, 0.25) is 0 Å². The lowest BCUT2D eigenvalue weighted by molar-refractivity contribution is -0.137. The summed E-state index contributed by atoms with van der Waals surface area (Å²) in [5.41, 5.74) is -1.67. The summed E-state index contributed by atoms with van der Waals surface area (Å²) in [6, 6.07) is 3.83. The lowest BCUT2D eigenvalue weighted by Gasteiger charge is -2.37. The normalized spacial score (nSPS) is 18.6. The average Bonchev–Trinajstić information content (AvgIpc) is 2.37. The summed E-state index contributed by atoms with van der Waals surface area (Å²) in [7, 11) is 1.56. The van der Waals surface area contributed by atoms with Crippen LogP contribution in [-0.2, 0) is 10.9 Å². The predicted molar refractivity (Wildman–Crippen MR) is 77.4 cm³/mol. The number of ether oxygens (including phenoxy) is 1.